The molecule has 0 aliphatic carbocycles. The van der Waals surface area contributed by atoms with E-state index in [0.29, 0.717) is 19.3 Å². The maximum atomic E-state index is 12.4. The second kappa shape index (κ2) is 6.56. The fraction of sp³-hybridized carbons (Fsp3) is 0.167. The first-order valence-electron chi connectivity index (χ1n) is 5.41. The zero-order valence-electron chi connectivity index (χ0n) is 10.1. The molecule has 0 aliphatic heterocycles. The Labute approximate surface area is 136 Å². The predicted molar refractivity (Wildman–Crippen MR) is 78.6 cm³/mol. The van der Waals surface area contributed by atoms with Crippen molar-refractivity contribution in [1.29, 1.82) is 0 Å². The number of thiophene rings is 1. The molecule has 0 unspecified atom stereocenters. The monoisotopic (exact) mass is 371 g/mol. The van der Waals surface area contributed by atoms with Gasteiger partial charge in [0.05, 0.1) is 20.7 Å². The molecule has 2 aromatic rings. The molecule has 0 spiro atoms. The van der Waals surface area contributed by atoms with E-state index in [0.717, 1.165) is 35.4 Å². The molecule has 0 atom stereocenters. The fourth-order valence-electron chi connectivity index (χ4n) is 1.38. The Morgan fingerprint density at radius 1 is 1.33 bits per heavy atom. The summed E-state index contributed by atoms with van der Waals surface area (Å²) in [5, 5.41) is 0.328. The minimum Gasteiger partial charge on any atom is -0.293 e. The van der Waals surface area contributed by atoms with Crippen LogP contribution in [0.15, 0.2) is 29.4 Å². The highest BCUT2D eigenvalue weighted by Gasteiger charge is 2.30. The maximum absolute atomic E-state index is 12.4. The lowest BCUT2D eigenvalue weighted by Crippen LogP contribution is -2.05. The van der Waals surface area contributed by atoms with E-state index >= 15 is 0 Å². The molecule has 0 bridgehead atoms. The Morgan fingerprint density at radius 3 is 2.52 bits per heavy atom. The standard InChI is InChI=1S/C12H6Cl2F3NOS2/c13-9-3-7(11(14)21-9)8(19)5-20-10-2-1-6(4-18-10)12(15,16)17/h1-4H,5H2. The maximum Gasteiger partial charge on any atom is 0.417 e. The van der Waals surface area contributed by atoms with Gasteiger partial charge in [-0.05, 0) is 18.2 Å². The van der Waals surface area contributed by atoms with Gasteiger partial charge in [-0.15, -0.1) is 11.3 Å². The number of carbonyl (C=O) groups is 1. The van der Waals surface area contributed by atoms with Crippen LogP contribution in [0.2, 0.25) is 8.67 Å². The zero-order valence-corrected chi connectivity index (χ0v) is 13.2. The van der Waals surface area contributed by atoms with Gasteiger partial charge in [-0.3, -0.25) is 4.79 Å². The number of nitrogens with zero attached hydrogens (tertiary/aromatic N) is 1. The van der Waals surface area contributed by atoms with Gasteiger partial charge in [0, 0.05) is 11.8 Å². The third-order valence-electron chi connectivity index (χ3n) is 2.37. The number of thioether (sulfide) groups is 1. The van der Waals surface area contributed by atoms with Crippen molar-refractivity contribution in [3.8, 4) is 0 Å². The van der Waals surface area contributed by atoms with Crippen molar-refractivity contribution in [2.24, 2.45) is 0 Å². The number of carbonyl (C=O) groups excluding carboxylic acids is 1. The summed E-state index contributed by atoms with van der Waals surface area (Å²) < 4.78 is 37.8. The summed E-state index contributed by atoms with van der Waals surface area (Å²) in [6, 6.07) is 3.62. The van der Waals surface area contributed by atoms with Crippen LogP contribution in [-0.4, -0.2) is 16.5 Å². The Hall–Kier alpha value is -0.760. The van der Waals surface area contributed by atoms with Gasteiger partial charge in [0.1, 0.15) is 4.34 Å². The fourth-order valence-corrected chi connectivity index (χ4v) is 3.61. The molecule has 2 aromatic heterocycles. The topological polar surface area (TPSA) is 30.0 Å². The highest BCUT2D eigenvalue weighted by atomic mass is 35.5. The summed E-state index contributed by atoms with van der Waals surface area (Å²) in [6.07, 6.45) is -3.69. The van der Waals surface area contributed by atoms with Gasteiger partial charge in [0.2, 0.25) is 0 Å². The van der Waals surface area contributed by atoms with E-state index in [2.05, 4.69) is 4.98 Å². The van der Waals surface area contributed by atoms with Crippen molar-refractivity contribution in [3.05, 3.63) is 44.2 Å². The van der Waals surface area contributed by atoms with Crippen molar-refractivity contribution in [2.45, 2.75) is 11.2 Å². The van der Waals surface area contributed by atoms with Crippen molar-refractivity contribution < 1.29 is 18.0 Å². The number of hydrogen-bond acceptors (Lipinski definition) is 4. The first-order valence-corrected chi connectivity index (χ1v) is 7.97. The molecule has 0 aromatic carbocycles. The summed E-state index contributed by atoms with van der Waals surface area (Å²) in [4.78, 5) is 15.6. The van der Waals surface area contributed by atoms with Crippen LogP contribution in [0.4, 0.5) is 13.2 Å². The quantitative estimate of drug-likeness (QED) is 0.529. The van der Waals surface area contributed by atoms with Crippen LogP contribution in [0.5, 0.6) is 0 Å². The number of aromatic nitrogens is 1. The number of hydrogen-bond donors (Lipinski definition) is 0. The van der Waals surface area contributed by atoms with Gasteiger partial charge in [0.15, 0.2) is 5.78 Å². The number of halogens is 5. The average Bonchev–Trinajstić information content (AvgIpc) is 2.74. The van der Waals surface area contributed by atoms with E-state index in [-0.39, 0.29) is 11.5 Å². The van der Waals surface area contributed by atoms with Crippen LogP contribution in [0.3, 0.4) is 0 Å². The summed E-state index contributed by atoms with van der Waals surface area (Å²) >= 11 is 13.7. The van der Waals surface area contributed by atoms with Crippen LogP contribution in [0.1, 0.15) is 15.9 Å². The number of alkyl halides is 3. The molecule has 0 saturated heterocycles. The smallest absolute Gasteiger partial charge is 0.293 e. The number of ketones is 1. The molecule has 0 saturated carbocycles. The van der Waals surface area contributed by atoms with Crippen molar-refractivity contribution in [2.75, 3.05) is 5.75 Å². The molecule has 2 nitrogen and oxygen atoms in total. The highest BCUT2D eigenvalue weighted by molar-refractivity contribution is 7.99. The van der Waals surface area contributed by atoms with Crippen molar-refractivity contribution >= 4 is 52.1 Å². The van der Waals surface area contributed by atoms with E-state index in [1.54, 1.807) is 0 Å². The second-order valence-corrected chi connectivity index (χ2v) is 7.11. The normalized spacial score (nSPS) is 11.7. The first kappa shape index (κ1) is 16.6. The molecule has 2 heterocycles. The minimum atomic E-state index is -4.42. The van der Waals surface area contributed by atoms with E-state index in [1.165, 1.54) is 12.1 Å². The lowest BCUT2D eigenvalue weighted by Gasteiger charge is -2.06. The molecule has 21 heavy (non-hydrogen) atoms. The number of pyridine rings is 1. The number of Topliss-reactive ketones (excluding diaryl/α,β-unsaturated/α-hetero) is 1. The van der Waals surface area contributed by atoms with Gasteiger partial charge in [0.25, 0.3) is 0 Å². The van der Waals surface area contributed by atoms with E-state index in [9.17, 15) is 18.0 Å². The first-order chi connectivity index (χ1) is 9.77. The van der Waals surface area contributed by atoms with Crippen LogP contribution in [-0.2, 0) is 6.18 Å². The van der Waals surface area contributed by atoms with E-state index in [1.807, 2.05) is 0 Å². The van der Waals surface area contributed by atoms with Crippen molar-refractivity contribution in [1.82, 2.24) is 4.98 Å². The molecule has 2 rings (SSSR count). The minimum absolute atomic E-state index is 0.0190. The molecule has 0 fully saturated rings. The SMILES string of the molecule is O=C(CSc1ccc(C(F)(F)F)cn1)c1cc(Cl)sc1Cl. The molecular formula is C12H6Cl2F3NOS2. The van der Waals surface area contributed by atoms with Gasteiger partial charge in [-0.1, -0.05) is 35.0 Å². The van der Waals surface area contributed by atoms with Gasteiger partial charge < -0.3 is 0 Å². The summed E-state index contributed by atoms with van der Waals surface area (Å²) in [5.41, 5.74) is -0.517. The van der Waals surface area contributed by atoms with E-state index < -0.39 is 11.7 Å². The molecule has 112 valence electrons. The van der Waals surface area contributed by atoms with Crippen LogP contribution in [0.25, 0.3) is 0 Å². The Bertz CT molecular complexity index is 656. The third-order valence-corrected chi connectivity index (χ3v) is 4.80. The number of rotatable bonds is 4. The molecule has 0 aliphatic rings. The largest absolute Gasteiger partial charge is 0.417 e. The van der Waals surface area contributed by atoms with Gasteiger partial charge in [-0.2, -0.15) is 13.2 Å². The molecular weight excluding hydrogens is 366 g/mol. The van der Waals surface area contributed by atoms with E-state index in [4.69, 9.17) is 23.2 Å². The predicted octanol–water partition coefficient (Wildman–Crippen LogP) is 5.44. The Balaban J connectivity index is 2.00. The summed E-state index contributed by atoms with van der Waals surface area (Å²) in [6.45, 7) is 0. The third kappa shape index (κ3) is 4.35. The molecule has 9 heteroatoms. The Morgan fingerprint density at radius 2 is 2.05 bits per heavy atom. The Kier molecular flexibility index (Phi) is 5.19. The molecule has 0 radical (unpaired) electrons. The lowest BCUT2D eigenvalue weighted by molar-refractivity contribution is -0.137. The highest BCUT2D eigenvalue weighted by Crippen LogP contribution is 2.33. The lowest BCUT2D eigenvalue weighted by atomic mass is 10.2. The summed E-state index contributed by atoms with van der Waals surface area (Å²) in [7, 11) is 0. The van der Waals surface area contributed by atoms with Crippen molar-refractivity contribution in [3.63, 3.8) is 0 Å². The molecule has 0 N–H and O–H groups in total. The van der Waals surface area contributed by atoms with Crippen LogP contribution >= 0.6 is 46.3 Å². The van der Waals surface area contributed by atoms with Gasteiger partial charge >= 0.3 is 6.18 Å². The summed E-state index contributed by atoms with van der Waals surface area (Å²) in [5.74, 6) is -0.236. The average molecular weight is 372 g/mol. The molecule has 0 amide bonds. The van der Waals surface area contributed by atoms with Crippen LogP contribution in [0, 0.1) is 0 Å². The van der Waals surface area contributed by atoms with Crippen LogP contribution < -0.4 is 0 Å². The second-order valence-electron chi connectivity index (χ2n) is 3.83. The van der Waals surface area contributed by atoms with Gasteiger partial charge in [-0.25, -0.2) is 4.98 Å². The zero-order chi connectivity index (χ0) is 15.6.